The number of hydrogen-bond donors (Lipinski definition) is 3. The van der Waals surface area contributed by atoms with Crippen molar-refractivity contribution in [2.45, 2.75) is 0 Å². The fraction of sp³-hybridized carbons (Fsp3) is 0.0667. The van der Waals surface area contributed by atoms with Gasteiger partial charge in [0.25, 0.3) is 5.91 Å². The third kappa shape index (κ3) is 3.57. The summed E-state index contributed by atoms with van der Waals surface area (Å²) in [7, 11) is 1.46. The van der Waals surface area contributed by atoms with Crippen molar-refractivity contribution in [1.82, 2.24) is 5.32 Å². The number of halogens is 2. The Morgan fingerprint density at radius 3 is 2.05 bits per heavy atom. The minimum absolute atomic E-state index is 0.293. The van der Waals surface area contributed by atoms with Crippen molar-refractivity contribution in [3.8, 4) is 0 Å². The summed E-state index contributed by atoms with van der Waals surface area (Å²) in [4.78, 5) is 23.2. The molecule has 3 amide bonds. The number of nitrogens with one attached hydrogen (secondary N) is 3. The molecular weight excluding hydrogens is 292 g/mol. The van der Waals surface area contributed by atoms with Gasteiger partial charge in [0.15, 0.2) is 0 Å². The monoisotopic (exact) mass is 305 g/mol. The van der Waals surface area contributed by atoms with E-state index in [0.717, 1.165) is 12.1 Å². The Labute approximate surface area is 125 Å². The van der Waals surface area contributed by atoms with Crippen LogP contribution in [0.5, 0.6) is 0 Å². The van der Waals surface area contributed by atoms with Gasteiger partial charge in [0, 0.05) is 18.4 Å². The molecule has 22 heavy (non-hydrogen) atoms. The van der Waals surface area contributed by atoms with Crippen LogP contribution in [0.15, 0.2) is 42.5 Å². The van der Waals surface area contributed by atoms with Gasteiger partial charge in [-0.2, -0.15) is 0 Å². The van der Waals surface area contributed by atoms with Crippen LogP contribution >= 0.6 is 0 Å². The second-order valence-corrected chi connectivity index (χ2v) is 4.34. The van der Waals surface area contributed by atoms with E-state index in [-0.39, 0.29) is 0 Å². The molecule has 0 aliphatic heterocycles. The molecule has 0 aromatic heterocycles. The number of carbonyl (C=O) groups is 2. The Hall–Kier alpha value is -2.96. The number of rotatable bonds is 3. The van der Waals surface area contributed by atoms with E-state index in [1.165, 1.54) is 25.2 Å². The summed E-state index contributed by atoms with van der Waals surface area (Å²) in [6.07, 6.45) is 0. The maximum absolute atomic E-state index is 13.5. The summed E-state index contributed by atoms with van der Waals surface area (Å²) in [5.41, 5.74) is 0.0554. The largest absolute Gasteiger partial charge is 0.341 e. The molecule has 0 unspecified atom stereocenters. The highest BCUT2D eigenvalue weighted by atomic mass is 19.1. The highest BCUT2D eigenvalue weighted by molar-refractivity contribution is 6.05. The van der Waals surface area contributed by atoms with Gasteiger partial charge in [-0.15, -0.1) is 0 Å². The molecule has 0 radical (unpaired) electrons. The predicted molar refractivity (Wildman–Crippen MR) is 78.8 cm³/mol. The second-order valence-electron chi connectivity index (χ2n) is 4.34. The normalized spacial score (nSPS) is 9.95. The molecule has 0 aliphatic rings. The SMILES string of the molecule is CNC(=O)Nc1cccc(NC(=O)c2c(F)cccc2F)c1. The van der Waals surface area contributed by atoms with Crippen molar-refractivity contribution in [3.63, 3.8) is 0 Å². The molecule has 2 aromatic rings. The zero-order valence-corrected chi connectivity index (χ0v) is 11.6. The minimum atomic E-state index is -0.947. The molecule has 0 spiro atoms. The van der Waals surface area contributed by atoms with Crippen LogP contribution in [0.2, 0.25) is 0 Å². The van der Waals surface area contributed by atoms with Crippen molar-refractivity contribution in [2.24, 2.45) is 0 Å². The molecule has 0 atom stereocenters. The zero-order valence-electron chi connectivity index (χ0n) is 11.6. The molecule has 0 fully saturated rings. The predicted octanol–water partition coefficient (Wildman–Crippen LogP) is 2.97. The molecule has 114 valence electrons. The van der Waals surface area contributed by atoms with Crippen molar-refractivity contribution in [3.05, 3.63) is 59.7 Å². The number of anilines is 2. The molecule has 7 heteroatoms. The zero-order chi connectivity index (χ0) is 16.1. The van der Waals surface area contributed by atoms with Crippen LogP contribution in [0.1, 0.15) is 10.4 Å². The van der Waals surface area contributed by atoms with E-state index in [4.69, 9.17) is 0 Å². The number of hydrogen-bond acceptors (Lipinski definition) is 2. The van der Waals surface area contributed by atoms with Gasteiger partial charge in [-0.1, -0.05) is 12.1 Å². The van der Waals surface area contributed by atoms with Crippen LogP contribution < -0.4 is 16.0 Å². The summed E-state index contributed by atoms with van der Waals surface area (Å²) in [5, 5.41) is 7.28. The van der Waals surface area contributed by atoms with Gasteiger partial charge in [-0.3, -0.25) is 4.79 Å². The number of benzene rings is 2. The van der Waals surface area contributed by atoms with E-state index in [9.17, 15) is 18.4 Å². The summed E-state index contributed by atoms with van der Waals surface area (Å²) >= 11 is 0. The maximum atomic E-state index is 13.5. The maximum Gasteiger partial charge on any atom is 0.318 e. The quantitative estimate of drug-likeness (QED) is 0.816. The van der Waals surface area contributed by atoms with Crippen LogP contribution in [0.4, 0.5) is 25.0 Å². The lowest BCUT2D eigenvalue weighted by Crippen LogP contribution is -2.24. The first kappa shape index (κ1) is 15.4. The highest BCUT2D eigenvalue weighted by Crippen LogP contribution is 2.18. The Bertz CT molecular complexity index is 699. The smallest absolute Gasteiger partial charge is 0.318 e. The van der Waals surface area contributed by atoms with Crippen molar-refractivity contribution in [2.75, 3.05) is 17.7 Å². The topological polar surface area (TPSA) is 70.2 Å². The van der Waals surface area contributed by atoms with Crippen molar-refractivity contribution < 1.29 is 18.4 Å². The third-order valence-corrected chi connectivity index (χ3v) is 2.80. The lowest BCUT2D eigenvalue weighted by molar-refractivity contribution is 0.101. The number of urea groups is 1. The van der Waals surface area contributed by atoms with E-state index in [1.54, 1.807) is 12.1 Å². The lowest BCUT2D eigenvalue weighted by atomic mass is 10.1. The van der Waals surface area contributed by atoms with Gasteiger partial charge >= 0.3 is 6.03 Å². The Morgan fingerprint density at radius 2 is 1.45 bits per heavy atom. The minimum Gasteiger partial charge on any atom is -0.341 e. The van der Waals surface area contributed by atoms with E-state index in [0.29, 0.717) is 11.4 Å². The fourth-order valence-electron chi connectivity index (χ4n) is 1.78. The Kier molecular flexibility index (Phi) is 4.67. The average Bonchev–Trinajstić information content (AvgIpc) is 2.47. The van der Waals surface area contributed by atoms with E-state index >= 15 is 0 Å². The third-order valence-electron chi connectivity index (χ3n) is 2.80. The van der Waals surface area contributed by atoms with Gasteiger partial charge in [0.05, 0.1) is 0 Å². The van der Waals surface area contributed by atoms with Crippen LogP contribution in [0.25, 0.3) is 0 Å². The van der Waals surface area contributed by atoms with Gasteiger partial charge in [0.2, 0.25) is 0 Å². The van der Waals surface area contributed by atoms with Gasteiger partial charge in [-0.25, -0.2) is 13.6 Å². The summed E-state index contributed by atoms with van der Waals surface area (Å²) in [5.74, 6) is -2.80. The van der Waals surface area contributed by atoms with E-state index in [2.05, 4.69) is 16.0 Å². The molecule has 3 N–H and O–H groups in total. The van der Waals surface area contributed by atoms with Gasteiger partial charge < -0.3 is 16.0 Å². The molecule has 0 saturated carbocycles. The van der Waals surface area contributed by atoms with Crippen LogP contribution in [0.3, 0.4) is 0 Å². The van der Waals surface area contributed by atoms with Gasteiger partial charge in [0.1, 0.15) is 17.2 Å². The standard InChI is InChI=1S/C15H13F2N3O2/c1-18-15(22)20-10-5-2-4-9(8-10)19-14(21)13-11(16)6-3-7-12(13)17/h2-8H,1H3,(H,19,21)(H2,18,20,22). The van der Waals surface area contributed by atoms with Gasteiger partial charge in [-0.05, 0) is 30.3 Å². The van der Waals surface area contributed by atoms with Crippen molar-refractivity contribution in [1.29, 1.82) is 0 Å². The number of carbonyl (C=O) groups excluding carboxylic acids is 2. The molecule has 0 bridgehead atoms. The summed E-state index contributed by atoms with van der Waals surface area (Å²) in [6, 6.07) is 8.94. The first-order chi connectivity index (χ1) is 10.5. The lowest BCUT2D eigenvalue weighted by Gasteiger charge is -2.09. The fourth-order valence-corrected chi connectivity index (χ4v) is 1.78. The summed E-state index contributed by atoms with van der Waals surface area (Å²) < 4.78 is 27.1. The molecular formula is C15H13F2N3O2. The van der Waals surface area contributed by atoms with E-state index in [1.807, 2.05) is 0 Å². The Balaban J connectivity index is 2.18. The molecule has 0 saturated heterocycles. The second kappa shape index (κ2) is 6.66. The van der Waals surface area contributed by atoms with Crippen LogP contribution in [0, 0.1) is 11.6 Å². The molecule has 0 aliphatic carbocycles. The average molecular weight is 305 g/mol. The highest BCUT2D eigenvalue weighted by Gasteiger charge is 2.17. The summed E-state index contributed by atoms with van der Waals surface area (Å²) in [6.45, 7) is 0. The van der Waals surface area contributed by atoms with E-state index < -0.39 is 29.1 Å². The number of amides is 3. The Morgan fingerprint density at radius 1 is 0.909 bits per heavy atom. The molecule has 0 heterocycles. The first-order valence-corrected chi connectivity index (χ1v) is 6.35. The van der Waals surface area contributed by atoms with Crippen LogP contribution in [-0.4, -0.2) is 19.0 Å². The molecule has 5 nitrogen and oxygen atoms in total. The van der Waals surface area contributed by atoms with Crippen LogP contribution in [-0.2, 0) is 0 Å². The van der Waals surface area contributed by atoms with Crippen molar-refractivity contribution >= 4 is 23.3 Å². The first-order valence-electron chi connectivity index (χ1n) is 6.35. The molecule has 2 aromatic carbocycles. The molecule has 2 rings (SSSR count).